The molecule has 0 aliphatic heterocycles. The van der Waals surface area contributed by atoms with Crippen LogP contribution in [-0.2, 0) is 9.47 Å². The first kappa shape index (κ1) is 10.1. The second-order valence-corrected chi connectivity index (χ2v) is 3.13. The van der Waals surface area contributed by atoms with Gasteiger partial charge in [-0.15, -0.1) is 0 Å². The molecule has 0 N–H and O–H groups in total. The molecular weight excluding hydrogens is 236 g/mol. The monoisotopic (exact) mass is 244 g/mol. The quantitative estimate of drug-likeness (QED) is 0.593. The Morgan fingerprint density at radius 2 is 2.00 bits per heavy atom. The third kappa shape index (κ3) is 3.06. The van der Waals surface area contributed by atoms with Gasteiger partial charge in [0.2, 0.25) is 0 Å². The lowest BCUT2D eigenvalue weighted by Crippen LogP contribution is -2.06. The summed E-state index contributed by atoms with van der Waals surface area (Å²) in [5.74, 6) is 0. The predicted molar refractivity (Wildman–Crippen MR) is 51.6 cm³/mol. The highest BCUT2D eigenvalue weighted by atomic mass is 79.9. The van der Waals surface area contributed by atoms with Crippen LogP contribution in [0, 0.1) is 0 Å². The summed E-state index contributed by atoms with van der Waals surface area (Å²) in [4.78, 5) is 10.7. The molecule has 0 radical (unpaired) electrons. The number of ether oxygens (including phenoxy) is 2. The van der Waals surface area contributed by atoms with Gasteiger partial charge in [0.15, 0.2) is 5.01 Å². The maximum absolute atomic E-state index is 10.7. The molecule has 0 heterocycles. The highest BCUT2D eigenvalue weighted by molar-refractivity contribution is 9.09. The van der Waals surface area contributed by atoms with Gasteiger partial charge in [-0.2, -0.15) is 0 Å². The SMILES string of the molecule is COC(=O)OC(Br)c1ccccc1. The summed E-state index contributed by atoms with van der Waals surface area (Å²) in [6, 6.07) is 9.32. The molecular formula is C9H9BrO3. The molecule has 0 saturated carbocycles. The molecule has 0 fully saturated rings. The second kappa shape index (κ2) is 4.87. The topological polar surface area (TPSA) is 35.5 Å². The maximum atomic E-state index is 10.7. The van der Waals surface area contributed by atoms with E-state index in [9.17, 15) is 4.79 Å². The van der Waals surface area contributed by atoms with Crippen LogP contribution in [-0.4, -0.2) is 13.3 Å². The van der Waals surface area contributed by atoms with E-state index in [1.807, 2.05) is 30.3 Å². The predicted octanol–water partition coefficient (Wildman–Crippen LogP) is 2.86. The Labute approximate surface area is 84.8 Å². The highest BCUT2D eigenvalue weighted by Gasteiger charge is 2.12. The van der Waals surface area contributed by atoms with E-state index in [1.54, 1.807) is 0 Å². The van der Waals surface area contributed by atoms with Crippen LogP contribution >= 0.6 is 15.9 Å². The minimum atomic E-state index is -0.703. The molecule has 3 nitrogen and oxygen atoms in total. The van der Waals surface area contributed by atoms with E-state index in [-0.39, 0.29) is 0 Å². The fraction of sp³-hybridized carbons (Fsp3) is 0.222. The van der Waals surface area contributed by atoms with Crippen molar-refractivity contribution >= 4 is 22.1 Å². The fourth-order valence-electron chi connectivity index (χ4n) is 0.805. The Morgan fingerprint density at radius 3 is 2.54 bits per heavy atom. The molecule has 0 bridgehead atoms. The molecule has 13 heavy (non-hydrogen) atoms. The van der Waals surface area contributed by atoms with Crippen LogP contribution in [0.15, 0.2) is 30.3 Å². The minimum Gasteiger partial charge on any atom is -0.438 e. The second-order valence-electron chi connectivity index (χ2n) is 2.30. The smallest absolute Gasteiger partial charge is 0.438 e. The third-order valence-electron chi connectivity index (χ3n) is 1.43. The molecule has 0 aliphatic carbocycles. The summed E-state index contributed by atoms with van der Waals surface area (Å²) >= 11 is 3.20. The lowest BCUT2D eigenvalue weighted by atomic mass is 10.2. The van der Waals surface area contributed by atoms with Gasteiger partial charge < -0.3 is 9.47 Å². The van der Waals surface area contributed by atoms with E-state index in [0.717, 1.165) is 5.56 Å². The van der Waals surface area contributed by atoms with Crippen molar-refractivity contribution in [2.24, 2.45) is 0 Å². The molecule has 1 unspecified atom stereocenters. The number of hydrogen-bond donors (Lipinski definition) is 0. The normalized spacial score (nSPS) is 11.8. The van der Waals surface area contributed by atoms with Crippen LogP contribution in [0.4, 0.5) is 4.79 Å². The van der Waals surface area contributed by atoms with Crippen molar-refractivity contribution in [1.82, 2.24) is 0 Å². The Bertz CT molecular complexity index is 273. The van der Waals surface area contributed by atoms with Gasteiger partial charge in [0.05, 0.1) is 7.11 Å². The van der Waals surface area contributed by atoms with Gasteiger partial charge in [0, 0.05) is 5.56 Å². The number of carbonyl (C=O) groups is 1. The van der Waals surface area contributed by atoms with Crippen molar-refractivity contribution in [3.63, 3.8) is 0 Å². The maximum Gasteiger partial charge on any atom is 0.509 e. The van der Waals surface area contributed by atoms with Crippen molar-refractivity contribution in [3.05, 3.63) is 35.9 Å². The molecule has 0 amide bonds. The van der Waals surface area contributed by atoms with Crippen molar-refractivity contribution in [1.29, 1.82) is 0 Å². The van der Waals surface area contributed by atoms with Gasteiger partial charge in [-0.3, -0.25) is 0 Å². The number of benzene rings is 1. The first-order valence-corrected chi connectivity index (χ1v) is 4.59. The van der Waals surface area contributed by atoms with E-state index in [0.29, 0.717) is 0 Å². The van der Waals surface area contributed by atoms with Crippen LogP contribution in [0.5, 0.6) is 0 Å². The molecule has 70 valence electrons. The zero-order valence-electron chi connectivity index (χ0n) is 7.07. The first-order valence-electron chi connectivity index (χ1n) is 3.67. The van der Waals surface area contributed by atoms with Crippen LogP contribution in [0.2, 0.25) is 0 Å². The summed E-state index contributed by atoms with van der Waals surface area (Å²) in [6.45, 7) is 0. The Hall–Kier alpha value is -1.03. The Morgan fingerprint density at radius 1 is 1.38 bits per heavy atom. The average Bonchev–Trinajstić information content (AvgIpc) is 2.19. The van der Waals surface area contributed by atoms with Crippen molar-refractivity contribution in [2.45, 2.75) is 5.01 Å². The van der Waals surface area contributed by atoms with Gasteiger partial charge in [-0.1, -0.05) is 30.3 Å². The molecule has 0 spiro atoms. The van der Waals surface area contributed by atoms with Gasteiger partial charge >= 0.3 is 6.16 Å². The number of halogens is 1. The number of methoxy groups -OCH3 is 1. The lowest BCUT2D eigenvalue weighted by molar-refractivity contribution is 0.0658. The van der Waals surface area contributed by atoms with Crippen molar-refractivity contribution in [3.8, 4) is 0 Å². The van der Waals surface area contributed by atoms with Gasteiger partial charge in [-0.05, 0) is 15.9 Å². The lowest BCUT2D eigenvalue weighted by Gasteiger charge is -2.09. The van der Waals surface area contributed by atoms with Crippen LogP contribution in [0.25, 0.3) is 0 Å². The van der Waals surface area contributed by atoms with Crippen molar-refractivity contribution < 1.29 is 14.3 Å². The van der Waals surface area contributed by atoms with Gasteiger partial charge in [0.25, 0.3) is 0 Å². The number of carbonyl (C=O) groups excluding carboxylic acids is 1. The van der Waals surface area contributed by atoms with Crippen LogP contribution < -0.4 is 0 Å². The van der Waals surface area contributed by atoms with E-state index >= 15 is 0 Å². The van der Waals surface area contributed by atoms with E-state index in [1.165, 1.54) is 7.11 Å². The minimum absolute atomic E-state index is 0.457. The van der Waals surface area contributed by atoms with Gasteiger partial charge in [-0.25, -0.2) is 4.79 Å². The summed E-state index contributed by atoms with van der Waals surface area (Å²) in [7, 11) is 1.27. The van der Waals surface area contributed by atoms with Crippen LogP contribution in [0.3, 0.4) is 0 Å². The molecule has 4 heteroatoms. The molecule has 0 saturated heterocycles. The molecule has 0 aliphatic rings. The van der Waals surface area contributed by atoms with E-state index in [4.69, 9.17) is 4.74 Å². The summed E-state index contributed by atoms with van der Waals surface area (Å²) < 4.78 is 9.19. The summed E-state index contributed by atoms with van der Waals surface area (Å²) in [5, 5.41) is -0.457. The fourth-order valence-corrected chi connectivity index (χ4v) is 1.26. The summed E-state index contributed by atoms with van der Waals surface area (Å²) in [5.41, 5.74) is 0.868. The van der Waals surface area contributed by atoms with E-state index in [2.05, 4.69) is 20.7 Å². The third-order valence-corrected chi connectivity index (χ3v) is 2.14. The average molecular weight is 245 g/mol. The zero-order valence-corrected chi connectivity index (χ0v) is 8.65. The summed E-state index contributed by atoms with van der Waals surface area (Å²) in [6.07, 6.45) is -0.703. The Balaban J connectivity index is 2.59. The Kier molecular flexibility index (Phi) is 3.76. The number of hydrogen-bond acceptors (Lipinski definition) is 3. The van der Waals surface area contributed by atoms with E-state index < -0.39 is 11.2 Å². The molecule has 1 aromatic carbocycles. The number of rotatable bonds is 2. The van der Waals surface area contributed by atoms with Crippen molar-refractivity contribution in [2.75, 3.05) is 7.11 Å². The molecule has 1 atom stereocenters. The van der Waals surface area contributed by atoms with Gasteiger partial charge in [0.1, 0.15) is 0 Å². The van der Waals surface area contributed by atoms with Crippen LogP contribution in [0.1, 0.15) is 10.6 Å². The molecule has 0 aromatic heterocycles. The molecule has 1 aromatic rings. The standard InChI is InChI=1S/C9H9BrO3/c1-12-9(11)13-8(10)7-5-3-2-4-6-7/h2-6,8H,1H3. The largest absolute Gasteiger partial charge is 0.509 e. The number of alkyl halides is 1. The first-order chi connectivity index (χ1) is 6.24. The highest BCUT2D eigenvalue weighted by Crippen LogP contribution is 2.23. The molecule has 1 rings (SSSR count). The zero-order chi connectivity index (χ0) is 9.68.